The van der Waals surface area contributed by atoms with Crippen molar-refractivity contribution in [3.05, 3.63) is 231 Å². The van der Waals surface area contributed by atoms with Gasteiger partial charge in [0, 0.05) is 54.2 Å². The van der Waals surface area contributed by atoms with Crippen molar-refractivity contribution in [2.75, 3.05) is 0 Å². The van der Waals surface area contributed by atoms with E-state index in [-0.39, 0.29) is 0 Å². The van der Waals surface area contributed by atoms with Gasteiger partial charge in [-0.05, 0) is 83.4 Å². The smallest absolute Gasteiger partial charge is 0.240 e. The highest BCUT2D eigenvalue weighted by molar-refractivity contribution is 6.13. The minimum absolute atomic E-state index is 0.541. The van der Waals surface area contributed by atoms with Gasteiger partial charge < -0.3 is 8.98 Å². The zero-order chi connectivity index (χ0) is 45.9. The number of rotatable bonds is 6. The van der Waals surface area contributed by atoms with Crippen LogP contribution in [0.4, 0.5) is 0 Å². The van der Waals surface area contributed by atoms with Crippen molar-refractivity contribution in [2.24, 2.45) is 0 Å². The number of fused-ring (bicyclic) bond motifs is 12. The molecule has 0 aliphatic heterocycles. The normalized spacial score (nSPS) is 12.0. The Morgan fingerprint density at radius 1 is 0.286 bits per heavy atom. The van der Waals surface area contributed by atoms with E-state index in [0.717, 1.165) is 110 Å². The molecular weight excluding hydrogens is 857 g/mol. The Labute approximate surface area is 400 Å². The molecule has 0 bridgehead atoms. The second-order valence-corrected chi connectivity index (χ2v) is 18.0. The molecule has 0 saturated carbocycles. The molecule has 0 atom stereocenters. The van der Waals surface area contributed by atoms with Gasteiger partial charge in [0.05, 0.1) is 38.8 Å². The first-order chi connectivity index (χ1) is 34.7. The number of nitrogens with zero attached hydrogens (tertiary/aromatic N) is 6. The molecule has 7 nitrogen and oxygen atoms in total. The van der Waals surface area contributed by atoms with Crippen LogP contribution in [-0.4, -0.2) is 28.7 Å². The summed E-state index contributed by atoms with van der Waals surface area (Å²) in [5.74, 6) is 1.65. The number of furan rings is 1. The van der Waals surface area contributed by atoms with Crippen LogP contribution in [-0.2, 0) is 0 Å². The van der Waals surface area contributed by atoms with Crippen LogP contribution < -0.4 is 0 Å². The lowest BCUT2D eigenvalue weighted by Crippen LogP contribution is -2.10. The third-order valence-electron chi connectivity index (χ3n) is 14.1. The Morgan fingerprint density at radius 3 is 1.24 bits per heavy atom. The lowest BCUT2D eigenvalue weighted by Gasteiger charge is -2.19. The molecule has 326 valence electrons. The molecule has 0 aliphatic carbocycles. The van der Waals surface area contributed by atoms with Gasteiger partial charge in [0.25, 0.3) is 0 Å². The highest BCUT2D eigenvalue weighted by atomic mass is 16.3. The fourth-order valence-corrected chi connectivity index (χ4v) is 11.1. The van der Waals surface area contributed by atoms with E-state index in [2.05, 4.69) is 232 Å². The van der Waals surface area contributed by atoms with E-state index in [1.165, 1.54) is 10.8 Å². The van der Waals surface area contributed by atoms with E-state index in [4.69, 9.17) is 19.4 Å². The molecule has 5 heterocycles. The second kappa shape index (κ2) is 15.0. The van der Waals surface area contributed by atoms with Crippen molar-refractivity contribution in [2.45, 2.75) is 0 Å². The molecule has 0 saturated heterocycles. The molecule has 70 heavy (non-hydrogen) atoms. The number of aromatic nitrogens is 6. The lowest BCUT2D eigenvalue weighted by molar-refractivity contribution is 0.669. The summed E-state index contributed by atoms with van der Waals surface area (Å²) in [6.45, 7) is 0. The lowest BCUT2D eigenvalue weighted by atomic mass is 9.91. The number of benzene rings is 10. The average molecular weight is 895 g/mol. The maximum atomic E-state index is 6.38. The average Bonchev–Trinajstić information content (AvgIpc) is 4.17. The van der Waals surface area contributed by atoms with Gasteiger partial charge in [0.1, 0.15) is 11.2 Å². The summed E-state index contributed by atoms with van der Waals surface area (Å²) in [4.78, 5) is 16.3. The minimum Gasteiger partial charge on any atom is -0.456 e. The summed E-state index contributed by atoms with van der Waals surface area (Å²) >= 11 is 0. The van der Waals surface area contributed by atoms with Crippen molar-refractivity contribution in [3.63, 3.8) is 0 Å². The first-order valence-corrected chi connectivity index (χ1v) is 23.6. The van der Waals surface area contributed by atoms with Crippen LogP contribution in [0.25, 0.3) is 139 Å². The van der Waals surface area contributed by atoms with E-state index in [9.17, 15) is 0 Å². The maximum absolute atomic E-state index is 6.38. The van der Waals surface area contributed by atoms with Crippen molar-refractivity contribution in [1.82, 2.24) is 28.7 Å². The number of hydrogen-bond donors (Lipinski definition) is 0. The zero-order valence-electron chi connectivity index (χ0n) is 37.5. The molecule has 5 aromatic heterocycles. The van der Waals surface area contributed by atoms with Crippen molar-refractivity contribution >= 4 is 87.4 Å². The SMILES string of the molecule is c1cc(-c2nc(-n3c4ccccc4c4ccccc43)nc(-n3c4ccccc4c4ccccc43)n2)cc(-c2cccc(-n3c4ccccc4c4ccccc43)c2-c2ccc3oc4ccccc4c3c2)c1. The van der Waals surface area contributed by atoms with Crippen LogP contribution in [0.5, 0.6) is 0 Å². The van der Waals surface area contributed by atoms with Crippen LogP contribution in [0, 0.1) is 0 Å². The van der Waals surface area contributed by atoms with E-state index < -0.39 is 0 Å². The van der Waals surface area contributed by atoms with Crippen molar-refractivity contribution in [1.29, 1.82) is 0 Å². The standard InChI is InChI=1S/C63H38N6O/c1-8-27-51-43(19-1)44-20-2-9-28-52(44)67(51)57-33-16-26-42(60(57)40-35-36-59-50(38-40)49-25-7-14-34-58(49)70-59)39-17-15-18-41(37-39)61-64-62(68-53-29-10-3-21-45(53)46-22-4-11-30-54(46)68)66-63(65-61)69-55-31-12-5-23-47(55)48-24-6-13-32-56(48)69/h1-38H. The summed E-state index contributed by atoms with van der Waals surface area (Å²) in [6, 6.07) is 81.6. The summed E-state index contributed by atoms with van der Waals surface area (Å²) in [7, 11) is 0. The van der Waals surface area contributed by atoms with Crippen molar-refractivity contribution < 1.29 is 4.42 Å². The fraction of sp³-hybridized carbons (Fsp3) is 0. The predicted molar refractivity (Wildman–Crippen MR) is 286 cm³/mol. The van der Waals surface area contributed by atoms with Crippen LogP contribution in [0.3, 0.4) is 0 Å². The molecule has 0 fully saturated rings. The molecule has 0 N–H and O–H groups in total. The molecule has 7 heteroatoms. The highest BCUT2D eigenvalue weighted by Gasteiger charge is 2.23. The third-order valence-corrected chi connectivity index (χ3v) is 14.1. The second-order valence-electron chi connectivity index (χ2n) is 18.0. The van der Waals surface area contributed by atoms with Crippen LogP contribution >= 0.6 is 0 Å². The maximum Gasteiger partial charge on any atom is 0.240 e. The Hall–Kier alpha value is -9.59. The van der Waals surface area contributed by atoms with E-state index in [1.807, 2.05) is 12.1 Å². The Balaban J connectivity index is 0.998. The van der Waals surface area contributed by atoms with Crippen LogP contribution in [0.15, 0.2) is 235 Å². The molecular formula is C63H38N6O. The summed E-state index contributed by atoms with van der Waals surface area (Å²) in [6.07, 6.45) is 0. The first-order valence-electron chi connectivity index (χ1n) is 23.6. The van der Waals surface area contributed by atoms with Crippen LogP contribution in [0.1, 0.15) is 0 Å². The molecule has 15 aromatic rings. The van der Waals surface area contributed by atoms with Gasteiger partial charge in [0.2, 0.25) is 11.9 Å². The Kier molecular flexibility index (Phi) is 8.23. The minimum atomic E-state index is 0.541. The molecule has 0 aliphatic rings. The Morgan fingerprint density at radius 2 is 0.714 bits per heavy atom. The van der Waals surface area contributed by atoms with Gasteiger partial charge in [-0.3, -0.25) is 9.13 Å². The monoisotopic (exact) mass is 894 g/mol. The number of para-hydroxylation sites is 7. The summed E-state index contributed by atoms with van der Waals surface area (Å²) < 4.78 is 13.2. The van der Waals surface area contributed by atoms with Gasteiger partial charge >= 0.3 is 0 Å². The molecule has 0 radical (unpaired) electrons. The molecule has 10 aromatic carbocycles. The number of hydrogen-bond acceptors (Lipinski definition) is 4. The van der Waals surface area contributed by atoms with Crippen molar-refractivity contribution in [3.8, 4) is 51.2 Å². The highest BCUT2D eigenvalue weighted by Crippen LogP contribution is 2.44. The Bertz CT molecular complexity index is 4330. The van der Waals surface area contributed by atoms with Gasteiger partial charge in [-0.15, -0.1) is 0 Å². The van der Waals surface area contributed by atoms with E-state index >= 15 is 0 Å². The quantitative estimate of drug-likeness (QED) is 0.167. The predicted octanol–water partition coefficient (Wildman–Crippen LogP) is 16.1. The largest absolute Gasteiger partial charge is 0.456 e. The molecule has 15 rings (SSSR count). The molecule has 0 unspecified atom stereocenters. The van der Waals surface area contributed by atoms with Gasteiger partial charge in [0.15, 0.2) is 5.82 Å². The third kappa shape index (κ3) is 5.66. The summed E-state index contributed by atoms with van der Waals surface area (Å²) in [5.41, 5.74) is 14.4. The molecule has 0 amide bonds. The fourth-order valence-electron chi connectivity index (χ4n) is 11.1. The van der Waals surface area contributed by atoms with E-state index in [1.54, 1.807) is 0 Å². The molecule has 0 spiro atoms. The first kappa shape index (κ1) is 38.5. The van der Waals surface area contributed by atoms with E-state index in [0.29, 0.717) is 17.7 Å². The zero-order valence-corrected chi connectivity index (χ0v) is 37.5. The van der Waals surface area contributed by atoms with Gasteiger partial charge in [-0.25, -0.2) is 0 Å². The van der Waals surface area contributed by atoms with Gasteiger partial charge in [-0.2, -0.15) is 15.0 Å². The van der Waals surface area contributed by atoms with Crippen LogP contribution in [0.2, 0.25) is 0 Å². The van der Waals surface area contributed by atoms with Gasteiger partial charge in [-0.1, -0.05) is 164 Å². The summed E-state index contributed by atoms with van der Waals surface area (Å²) in [5, 5.41) is 9.13. The topological polar surface area (TPSA) is 66.6 Å².